The van der Waals surface area contributed by atoms with Gasteiger partial charge in [0, 0.05) is 9.50 Å². The van der Waals surface area contributed by atoms with E-state index >= 15 is 0 Å². The van der Waals surface area contributed by atoms with Crippen LogP contribution in [0.25, 0.3) is 0 Å². The SMILES string of the molecule is C=C(C)CC(O)c1cc(Cl)cc(Br)c1. The first-order valence-corrected chi connectivity index (χ1v) is 5.44. The summed E-state index contributed by atoms with van der Waals surface area (Å²) in [5.74, 6) is 0. The molecule has 1 atom stereocenters. The van der Waals surface area contributed by atoms with Crippen LogP contribution in [0.15, 0.2) is 34.8 Å². The maximum atomic E-state index is 9.80. The van der Waals surface area contributed by atoms with Crippen LogP contribution >= 0.6 is 27.5 Å². The van der Waals surface area contributed by atoms with Gasteiger partial charge in [-0.2, -0.15) is 0 Å². The molecule has 1 nitrogen and oxygen atoms in total. The molecule has 1 unspecified atom stereocenters. The van der Waals surface area contributed by atoms with Crippen LogP contribution in [0.4, 0.5) is 0 Å². The highest BCUT2D eigenvalue weighted by Crippen LogP contribution is 2.26. The zero-order valence-electron chi connectivity index (χ0n) is 7.93. The monoisotopic (exact) mass is 274 g/mol. The maximum absolute atomic E-state index is 9.80. The standard InChI is InChI=1S/C11H12BrClO/c1-7(2)3-11(14)8-4-9(12)6-10(13)5-8/h4-6,11,14H,1,3H2,2H3. The van der Waals surface area contributed by atoms with E-state index < -0.39 is 6.10 Å². The average molecular weight is 276 g/mol. The Hall–Kier alpha value is -0.310. The van der Waals surface area contributed by atoms with Crippen LogP contribution in [0.5, 0.6) is 0 Å². The molecule has 0 bridgehead atoms. The van der Waals surface area contributed by atoms with E-state index in [1.807, 2.05) is 13.0 Å². The largest absolute Gasteiger partial charge is 0.388 e. The third-order valence-electron chi connectivity index (χ3n) is 1.81. The number of benzene rings is 1. The summed E-state index contributed by atoms with van der Waals surface area (Å²) in [5, 5.41) is 10.4. The van der Waals surface area contributed by atoms with E-state index in [4.69, 9.17) is 11.6 Å². The zero-order valence-corrected chi connectivity index (χ0v) is 10.3. The van der Waals surface area contributed by atoms with Crippen molar-refractivity contribution in [2.24, 2.45) is 0 Å². The van der Waals surface area contributed by atoms with Gasteiger partial charge in [-0.25, -0.2) is 0 Å². The molecule has 0 aliphatic heterocycles. The number of hydrogen-bond acceptors (Lipinski definition) is 1. The van der Waals surface area contributed by atoms with Crippen LogP contribution in [0.3, 0.4) is 0 Å². The van der Waals surface area contributed by atoms with Crippen LogP contribution in [0, 0.1) is 0 Å². The molecule has 0 amide bonds. The van der Waals surface area contributed by atoms with Gasteiger partial charge in [-0.15, -0.1) is 6.58 Å². The Labute approximate surface area is 97.5 Å². The van der Waals surface area contributed by atoms with Gasteiger partial charge in [-0.05, 0) is 37.1 Å². The highest BCUT2D eigenvalue weighted by Gasteiger charge is 2.08. The minimum absolute atomic E-state index is 0.525. The molecular formula is C11H12BrClO. The van der Waals surface area contributed by atoms with Crippen LogP contribution < -0.4 is 0 Å². The van der Waals surface area contributed by atoms with E-state index in [2.05, 4.69) is 22.5 Å². The van der Waals surface area contributed by atoms with Gasteiger partial charge in [0.15, 0.2) is 0 Å². The lowest BCUT2D eigenvalue weighted by Crippen LogP contribution is -1.97. The summed E-state index contributed by atoms with van der Waals surface area (Å²) in [6.07, 6.45) is 0.0368. The van der Waals surface area contributed by atoms with Crippen molar-refractivity contribution in [3.63, 3.8) is 0 Å². The van der Waals surface area contributed by atoms with Gasteiger partial charge in [-0.1, -0.05) is 33.1 Å². The van der Waals surface area contributed by atoms with Crippen molar-refractivity contribution in [1.82, 2.24) is 0 Å². The third-order valence-corrected chi connectivity index (χ3v) is 2.49. The molecule has 0 aromatic heterocycles. The maximum Gasteiger partial charge on any atom is 0.0827 e. The smallest absolute Gasteiger partial charge is 0.0827 e. The molecule has 1 N–H and O–H groups in total. The first kappa shape index (κ1) is 11.8. The van der Waals surface area contributed by atoms with Crippen molar-refractivity contribution < 1.29 is 5.11 Å². The molecular weight excluding hydrogens is 263 g/mol. The Morgan fingerprint density at radius 3 is 2.71 bits per heavy atom. The minimum Gasteiger partial charge on any atom is -0.388 e. The van der Waals surface area contributed by atoms with Crippen LogP contribution in [-0.2, 0) is 0 Å². The first-order valence-electron chi connectivity index (χ1n) is 4.27. The van der Waals surface area contributed by atoms with Crippen molar-refractivity contribution in [1.29, 1.82) is 0 Å². The molecule has 1 aromatic carbocycles. The fourth-order valence-corrected chi connectivity index (χ4v) is 2.10. The van der Waals surface area contributed by atoms with Crippen LogP contribution in [0.2, 0.25) is 5.02 Å². The van der Waals surface area contributed by atoms with Gasteiger partial charge >= 0.3 is 0 Å². The second kappa shape index (κ2) is 4.96. The molecule has 0 saturated heterocycles. The van der Waals surface area contributed by atoms with E-state index in [1.165, 1.54) is 0 Å². The summed E-state index contributed by atoms with van der Waals surface area (Å²) >= 11 is 9.20. The van der Waals surface area contributed by atoms with E-state index in [-0.39, 0.29) is 0 Å². The van der Waals surface area contributed by atoms with Gasteiger partial charge in [0.2, 0.25) is 0 Å². The predicted octanol–water partition coefficient (Wildman–Crippen LogP) is 4.10. The van der Waals surface area contributed by atoms with Crippen molar-refractivity contribution in [3.8, 4) is 0 Å². The van der Waals surface area contributed by atoms with E-state index in [0.29, 0.717) is 11.4 Å². The topological polar surface area (TPSA) is 20.2 Å². The molecule has 0 aliphatic rings. The second-order valence-electron chi connectivity index (χ2n) is 3.38. The molecule has 1 aromatic rings. The zero-order chi connectivity index (χ0) is 10.7. The minimum atomic E-state index is -0.525. The number of rotatable bonds is 3. The number of aliphatic hydroxyl groups is 1. The molecule has 0 aliphatic carbocycles. The summed E-state index contributed by atoms with van der Waals surface area (Å²) in [5.41, 5.74) is 1.76. The summed E-state index contributed by atoms with van der Waals surface area (Å²) in [4.78, 5) is 0. The first-order chi connectivity index (χ1) is 6.49. The lowest BCUT2D eigenvalue weighted by atomic mass is 10.0. The Morgan fingerprint density at radius 2 is 2.21 bits per heavy atom. The second-order valence-corrected chi connectivity index (χ2v) is 4.73. The van der Waals surface area contributed by atoms with Crippen molar-refractivity contribution in [2.45, 2.75) is 19.4 Å². The molecule has 76 valence electrons. The summed E-state index contributed by atoms with van der Waals surface area (Å²) < 4.78 is 0.876. The molecule has 14 heavy (non-hydrogen) atoms. The summed E-state index contributed by atoms with van der Waals surface area (Å²) in [7, 11) is 0. The van der Waals surface area contributed by atoms with E-state index in [9.17, 15) is 5.11 Å². The molecule has 0 spiro atoms. The summed E-state index contributed by atoms with van der Waals surface area (Å²) in [6, 6.07) is 5.41. The molecule has 0 heterocycles. The molecule has 3 heteroatoms. The van der Waals surface area contributed by atoms with Crippen molar-refractivity contribution in [2.75, 3.05) is 0 Å². The van der Waals surface area contributed by atoms with Gasteiger partial charge in [-0.3, -0.25) is 0 Å². The van der Waals surface area contributed by atoms with Crippen molar-refractivity contribution >= 4 is 27.5 Å². The molecule has 0 fully saturated rings. The Morgan fingerprint density at radius 1 is 1.57 bits per heavy atom. The van der Waals surface area contributed by atoms with Crippen LogP contribution in [0.1, 0.15) is 25.0 Å². The number of hydrogen-bond donors (Lipinski definition) is 1. The Kier molecular flexibility index (Phi) is 4.17. The third kappa shape index (κ3) is 3.45. The highest BCUT2D eigenvalue weighted by molar-refractivity contribution is 9.10. The van der Waals surface area contributed by atoms with Crippen LogP contribution in [-0.4, -0.2) is 5.11 Å². The summed E-state index contributed by atoms with van der Waals surface area (Å²) in [6.45, 7) is 5.65. The van der Waals surface area contributed by atoms with Gasteiger partial charge < -0.3 is 5.11 Å². The number of aliphatic hydroxyl groups excluding tert-OH is 1. The fourth-order valence-electron chi connectivity index (χ4n) is 1.22. The molecule has 1 rings (SSSR count). The highest BCUT2D eigenvalue weighted by atomic mass is 79.9. The van der Waals surface area contributed by atoms with Crippen molar-refractivity contribution in [3.05, 3.63) is 45.4 Å². The lowest BCUT2D eigenvalue weighted by Gasteiger charge is -2.11. The number of halogens is 2. The molecule has 0 radical (unpaired) electrons. The van der Waals surface area contributed by atoms with Gasteiger partial charge in [0.25, 0.3) is 0 Å². The fraction of sp³-hybridized carbons (Fsp3) is 0.273. The van der Waals surface area contributed by atoms with E-state index in [0.717, 1.165) is 15.6 Å². The lowest BCUT2D eigenvalue weighted by molar-refractivity contribution is 0.178. The Balaban J connectivity index is 2.89. The molecule has 0 saturated carbocycles. The van der Waals surface area contributed by atoms with Gasteiger partial charge in [0.1, 0.15) is 0 Å². The van der Waals surface area contributed by atoms with E-state index in [1.54, 1.807) is 12.1 Å². The normalized spacial score (nSPS) is 12.6. The average Bonchev–Trinajstić information content (AvgIpc) is 2.00. The Bertz CT molecular complexity index is 329. The van der Waals surface area contributed by atoms with Gasteiger partial charge in [0.05, 0.1) is 6.10 Å². The quantitative estimate of drug-likeness (QED) is 0.823. The predicted molar refractivity (Wildman–Crippen MR) is 63.5 cm³/mol.